The first kappa shape index (κ1) is 18.0. The lowest BCUT2D eigenvalue weighted by atomic mass is 10.2. The highest BCUT2D eigenvalue weighted by atomic mass is 19.4. The second-order valence-corrected chi connectivity index (χ2v) is 5.89. The molecule has 2 heterocycles. The van der Waals surface area contributed by atoms with Gasteiger partial charge in [-0.1, -0.05) is 6.07 Å². The van der Waals surface area contributed by atoms with Gasteiger partial charge in [0, 0.05) is 31.0 Å². The van der Waals surface area contributed by atoms with E-state index in [1.807, 2.05) is 4.90 Å². The number of carbonyl (C=O) groups excluding carboxylic acids is 1. The number of alkyl halides is 3. The first-order valence-corrected chi connectivity index (χ1v) is 8.07. The Bertz CT molecular complexity index is 805. The van der Waals surface area contributed by atoms with E-state index in [0.717, 1.165) is 38.1 Å². The van der Waals surface area contributed by atoms with Gasteiger partial charge in [-0.25, -0.2) is 9.97 Å². The minimum absolute atomic E-state index is 0.180. The van der Waals surface area contributed by atoms with Crippen LogP contribution in [-0.4, -0.2) is 35.3 Å². The van der Waals surface area contributed by atoms with Crippen LogP contribution in [0.5, 0.6) is 5.75 Å². The van der Waals surface area contributed by atoms with Gasteiger partial charge in [0.15, 0.2) is 0 Å². The molecule has 1 amide bonds. The van der Waals surface area contributed by atoms with Crippen molar-refractivity contribution >= 4 is 17.5 Å². The van der Waals surface area contributed by atoms with Crippen LogP contribution in [0.3, 0.4) is 0 Å². The predicted octanol–water partition coefficient (Wildman–Crippen LogP) is 3.54. The van der Waals surface area contributed by atoms with Crippen LogP contribution in [-0.2, 0) is 0 Å². The minimum atomic E-state index is -4.79. The number of nitrogens with zero attached hydrogens (tertiary/aromatic N) is 3. The number of amides is 1. The van der Waals surface area contributed by atoms with E-state index in [0.29, 0.717) is 11.6 Å². The number of carbonyl (C=O) groups is 1. The number of hydrogen-bond donors (Lipinski definition) is 1. The standard InChI is InChI=1S/C17H17F3N4O2/c1-11-14(10-21-16(22-11)24-7-2-3-8-24)15(25)23-12-5-4-6-13(9-12)26-17(18,19)20/h4-6,9-10H,2-3,7-8H2,1H3,(H,23,25). The second kappa shape index (κ2) is 7.19. The van der Waals surface area contributed by atoms with Gasteiger partial charge >= 0.3 is 6.36 Å². The zero-order chi connectivity index (χ0) is 18.7. The average molecular weight is 366 g/mol. The van der Waals surface area contributed by atoms with Gasteiger partial charge in [-0.05, 0) is 31.9 Å². The number of nitrogens with one attached hydrogen (secondary N) is 1. The molecule has 0 radical (unpaired) electrons. The molecular weight excluding hydrogens is 349 g/mol. The third-order valence-electron chi connectivity index (χ3n) is 3.93. The van der Waals surface area contributed by atoms with Crippen molar-refractivity contribution in [3.63, 3.8) is 0 Å². The van der Waals surface area contributed by atoms with Crippen LogP contribution in [0.1, 0.15) is 28.9 Å². The zero-order valence-corrected chi connectivity index (χ0v) is 14.0. The quantitative estimate of drug-likeness (QED) is 0.897. The zero-order valence-electron chi connectivity index (χ0n) is 14.0. The van der Waals surface area contributed by atoms with Crippen LogP contribution in [0.4, 0.5) is 24.8 Å². The topological polar surface area (TPSA) is 67.4 Å². The normalized spacial score (nSPS) is 14.4. The molecule has 1 fully saturated rings. The van der Waals surface area contributed by atoms with E-state index < -0.39 is 18.0 Å². The van der Waals surface area contributed by atoms with Gasteiger partial charge in [0.25, 0.3) is 5.91 Å². The summed E-state index contributed by atoms with van der Waals surface area (Å²) in [4.78, 5) is 23.0. The fourth-order valence-electron chi connectivity index (χ4n) is 2.72. The lowest BCUT2D eigenvalue weighted by Gasteiger charge is -2.16. The van der Waals surface area contributed by atoms with Crippen molar-refractivity contribution in [3.05, 3.63) is 41.7 Å². The highest BCUT2D eigenvalue weighted by Gasteiger charge is 2.31. The monoisotopic (exact) mass is 366 g/mol. The largest absolute Gasteiger partial charge is 0.573 e. The van der Waals surface area contributed by atoms with Crippen molar-refractivity contribution in [2.75, 3.05) is 23.3 Å². The lowest BCUT2D eigenvalue weighted by molar-refractivity contribution is -0.274. The smallest absolute Gasteiger partial charge is 0.406 e. The van der Waals surface area contributed by atoms with Crippen LogP contribution in [0.25, 0.3) is 0 Å². The summed E-state index contributed by atoms with van der Waals surface area (Å²) in [6.07, 6.45) is -1.19. The SMILES string of the molecule is Cc1nc(N2CCCC2)ncc1C(=O)Nc1cccc(OC(F)(F)F)c1. The van der Waals surface area contributed by atoms with Gasteiger partial charge in [0.2, 0.25) is 5.95 Å². The molecule has 1 aromatic carbocycles. The van der Waals surface area contributed by atoms with Crippen LogP contribution >= 0.6 is 0 Å². The van der Waals surface area contributed by atoms with E-state index in [2.05, 4.69) is 20.0 Å². The van der Waals surface area contributed by atoms with E-state index in [9.17, 15) is 18.0 Å². The molecule has 26 heavy (non-hydrogen) atoms. The van der Waals surface area contributed by atoms with Gasteiger partial charge in [-0.15, -0.1) is 13.2 Å². The second-order valence-electron chi connectivity index (χ2n) is 5.89. The summed E-state index contributed by atoms with van der Waals surface area (Å²) in [6.45, 7) is 3.47. The summed E-state index contributed by atoms with van der Waals surface area (Å²) in [6, 6.07) is 5.08. The molecule has 1 aliphatic heterocycles. The third kappa shape index (κ3) is 4.41. The number of aryl methyl sites for hydroxylation is 1. The van der Waals surface area contributed by atoms with Crippen molar-refractivity contribution in [2.24, 2.45) is 0 Å². The molecule has 0 unspecified atom stereocenters. The maximum Gasteiger partial charge on any atom is 0.573 e. The Morgan fingerprint density at radius 1 is 1.27 bits per heavy atom. The highest BCUT2D eigenvalue weighted by molar-refractivity contribution is 6.04. The molecule has 2 aromatic rings. The molecular formula is C17H17F3N4O2. The Morgan fingerprint density at radius 3 is 2.65 bits per heavy atom. The number of hydrogen-bond acceptors (Lipinski definition) is 5. The lowest BCUT2D eigenvalue weighted by Crippen LogP contribution is -2.22. The number of halogens is 3. The predicted molar refractivity (Wildman–Crippen MR) is 89.3 cm³/mol. The Balaban J connectivity index is 1.73. The molecule has 0 bridgehead atoms. The first-order valence-electron chi connectivity index (χ1n) is 8.07. The number of ether oxygens (including phenoxy) is 1. The molecule has 0 saturated carbocycles. The Hall–Kier alpha value is -2.84. The van der Waals surface area contributed by atoms with Gasteiger partial charge in [0.05, 0.1) is 11.3 Å². The van der Waals surface area contributed by atoms with Crippen LogP contribution in [0, 0.1) is 6.92 Å². The van der Waals surface area contributed by atoms with E-state index >= 15 is 0 Å². The molecule has 0 aliphatic carbocycles. The molecule has 1 aliphatic rings. The van der Waals surface area contributed by atoms with E-state index in [1.54, 1.807) is 6.92 Å². The molecule has 6 nitrogen and oxygen atoms in total. The Kier molecular flexibility index (Phi) is 4.97. The van der Waals surface area contributed by atoms with Gasteiger partial charge < -0.3 is 15.0 Å². The van der Waals surface area contributed by atoms with Gasteiger partial charge in [0.1, 0.15) is 5.75 Å². The Labute approximate surface area is 148 Å². The molecule has 1 aromatic heterocycles. The van der Waals surface area contributed by atoms with E-state index in [4.69, 9.17) is 0 Å². The fourth-order valence-corrected chi connectivity index (χ4v) is 2.72. The summed E-state index contributed by atoms with van der Waals surface area (Å²) in [5.41, 5.74) is 0.942. The summed E-state index contributed by atoms with van der Waals surface area (Å²) >= 11 is 0. The Morgan fingerprint density at radius 2 is 2.00 bits per heavy atom. The summed E-state index contributed by atoms with van der Waals surface area (Å²) in [7, 11) is 0. The first-order chi connectivity index (χ1) is 12.3. The van der Waals surface area contributed by atoms with Crippen molar-refractivity contribution in [1.82, 2.24) is 9.97 Å². The number of benzene rings is 1. The third-order valence-corrected chi connectivity index (χ3v) is 3.93. The van der Waals surface area contributed by atoms with Crippen LogP contribution in [0.15, 0.2) is 30.5 Å². The average Bonchev–Trinajstić information content (AvgIpc) is 3.07. The number of anilines is 2. The number of rotatable bonds is 4. The molecule has 1 saturated heterocycles. The molecule has 3 rings (SSSR count). The van der Waals surface area contributed by atoms with Crippen molar-refractivity contribution in [1.29, 1.82) is 0 Å². The van der Waals surface area contributed by atoms with Crippen molar-refractivity contribution < 1.29 is 22.7 Å². The minimum Gasteiger partial charge on any atom is -0.406 e. The van der Waals surface area contributed by atoms with Gasteiger partial charge in [-0.3, -0.25) is 4.79 Å². The van der Waals surface area contributed by atoms with Crippen molar-refractivity contribution in [3.8, 4) is 5.75 Å². The summed E-state index contributed by atoms with van der Waals surface area (Å²) in [5.74, 6) is -0.329. The molecule has 138 valence electrons. The summed E-state index contributed by atoms with van der Waals surface area (Å²) < 4.78 is 40.7. The molecule has 0 atom stereocenters. The van der Waals surface area contributed by atoms with Crippen LogP contribution in [0.2, 0.25) is 0 Å². The number of aromatic nitrogens is 2. The molecule has 9 heteroatoms. The van der Waals surface area contributed by atoms with Crippen molar-refractivity contribution in [2.45, 2.75) is 26.1 Å². The fraction of sp³-hybridized carbons (Fsp3) is 0.353. The van der Waals surface area contributed by atoms with Gasteiger partial charge in [-0.2, -0.15) is 0 Å². The highest BCUT2D eigenvalue weighted by Crippen LogP contribution is 2.25. The molecule has 0 spiro atoms. The van der Waals surface area contributed by atoms with E-state index in [-0.39, 0.29) is 11.3 Å². The maximum absolute atomic E-state index is 12.4. The maximum atomic E-state index is 12.4. The van der Waals surface area contributed by atoms with Crippen LogP contribution < -0.4 is 15.0 Å². The van der Waals surface area contributed by atoms with E-state index in [1.165, 1.54) is 18.3 Å². The summed E-state index contributed by atoms with van der Waals surface area (Å²) in [5, 5.41) is 2.53. The molecule has 1 N–H and O–H groups in total.